The highest BCUT2D eigenvalue weighted by Gasteiger charge is 2.38. The minimum atomic E-state index is -0.934. The quantitative estimate of drug-likeness (QED) is 0.419. The highest BCUT2D eigenvalue weighted by atomic mass is 16.6. The Labute approximate surface area is 178 Å². The molecule has 0 aliphatic carbocycles. The molecule has 0 radical (unpaired) electrons. The minimum Gasteiger partial charge on any atom is -0.463 e. The number of nitro groups is 1. The van der Waals surface area contributed by atoms with Crippen molar-refractivity contribution in [2.24, 2.45) is 5.73 Å². The normalized spacial score (nSPS) is 15.7. The van der Waals surface area contributed by atoms with Crippen LogP contribution in [-0.4, -0.2) is 17.5 Å². The van der Waals surface area contributed by atoms with Gasteiger partial charge in [-0.15, -0.1) is 0 Å². The third-order valence-electron chi connectivity index (χ3n) is 4.61. The molecule has 0 amide bonds. The first kappa shape index (κ1) is 21.4. The van der Waals surface area contributed by atoms with Crippen LogP contribution in [0.4, 0.5) is 5.69 Å². The van der Waals surface area contributed by atoms with E-state index in [2.05, 4.69) is 0 Å². The molecule has 2 aromatic rings. The lowest BCUT2D eigenvalue weighted by atomic mass is 9.82. The fourth-order valence-electron chi connectivity index (χ4n) is 3.29. The fourth-order valence-corrected chi connectivity index (χ4v) is 3.29. The van der Waals surface area contributed by atoms with Crippen molar-refractivity contribution in [3.63, 3.8) is 0 Å². The van der Waals surface area contributed by atoms with E-state index in [1.807, 2.05) is 6.07 Å². The van der Waals surface area contributed by atoms with Gasteiger partial charge in [-0.1, -0.05) is 30.3 Å². The second-order valence-corrected chi connectivity index (χ2v) is 6.48. The molecule has 1 aliphatic rings. The number of esters is 1. The molecule has 0 spiro atoms. The number of allylic oxidation sites excluding steroid dienone is 2. The van der Waals surface area contributed by atoms with Crippen molar-refractivity contribution in [3.05, 3.63) is 87.0 Å². The maximum absolute atomic E-state index is 12.7. The van der Waals surface area contributed by atoms with Gasteiger partial charge in [0.05, 0.1) is 23.0 Å². The molecule has 0 fully saturated rings. The molecule has 1 unspecified atom stereocenters. The summed E-state index contributed by atoms with van der Waals surface area (Å²) in [5.41, 5.74) is 6.22. The number of carbonyl (C=O) groups is 1. The molecule has 31 heavy (non-hydrogen) atoms. The SMILES string of the molecule is CCOC(=O)C1=C(C)OC(N)=C(C#N)C1c1ccccc1Oc1ccccc1[N+](=O)[O-]. The van der Waals surface area contributed by atoms with Crippen LogP contribution in [-0.2, 0) is 14.3 Å². The maximum Gasteiger partial charge on any atom is 0.338 e. The molecule has 3 rings (SSSR count). The number of benzene rings is 2. The Bertz CT molecular complexity index is 1150. The number of rotatable bonds is 6. The van der Waals surface area contributed by atoms with Crippen molar-refractivity contribution in [2.75, 3.05) is 6.61 Å². The summed E-state index contributed by atoms with van der Waals surface area (Å²) in [5.74, 6) is -1.30. The number of carbonyl (C=O) groups excluding carboxylic acids is 1. The van der Waals surface area contributed by atoms with E-state index in [4.69, 9.17) is 19.9 Å². The van der Waals surface area contributed by atoms with Crippen LogP contribution in [0.1, 0.15) is 25.3 Å². The van der Waals surface area contributed by atoms with Crippen LogP contribution in [0.15, 0.2) is 71.3 Å². The van der Waals surface area contributed by atoms with Gasteiger partial charge in [0.25, 0.3) is 0 Å². The Morgan fingerprint density at radius 1 is 1.23 bits per heavy atom. The summed E-state index contributed by atoms with van der Waals surface area (Å²) in [6.07, 6.45) is 0. The Morgan fingerprint density at radius 3 is 2.52 bits per heavy atom. The molecule has 0 aromatic heterocycles. The van der Waals surface area contributed by atoms with Gasteiger partial charge < -0.3 is 19.9 Å². The molecule has 9 heteroatoms. The van der Waals surface area contributed by atoms with Gasteiger partial charge in [0.1, 0.15) is 23.2 Å². The molecule has 1 heterocycles. The summed E-state index contributed by atoms with van der Waals surface area (Å²) < 4.78 is 16.5. The van der Waals surface area contributed by atoms with Gasteiger partial charge in [-0.3, -0.25) is 10.1 Å². The van der Waals surface area contributed by atoms with Gasteiger partial charge in [0.15, 0.2) is 0 Å². The first-order valence-corrected chi connectivity index (χ1v) is 9.34. The number of ether oxygens (including phenoxy) is 3. The maximum atomic E-state index is 12.7. The molecule has 1 aliphatic heterocycles. The minimum absolute atomic E-state index is 0.00673. The standard InChI is InChI=1S/C22H19N3O6/c1-3-29-22(26)19-13(2)30-21(24)15(12-23)20(19)14-8-4-6-10-17(14)31-18-11-7-5-9-16(18)25(27)28/h4-11,20H,3,24H2,1-2H3. The molecular formula is C22H19N3O6. The number of nitro benzene ring substituents is 1. The van der Waals surface area contributed by atoms with E-state index < -0.39 is 16.8 Å². The van der Waals surface area contributed by atoms with E-state index in [9.17, 15) is 20.2 Å². The lowest BCUT2D eigenvalue weighted by Crippen LogP contribution is -2.25. The van der Waals surface area contributed by atoms with Gasteiger partial charge in [-0.25, -0.2) is 4.79 Å². The van der Waals surface area contributed by atoms with Crippen LogP contribution in [0.5, 0.6) is 11.5 Å². The van der Waals surface area contributed by atoms with Crippen molar-refractivity contribution in [2.45, 2.75) is 19.8 Å². The lowest BCUT2D eigenvalue weighted by Gasteiger charge is -2.27. The van der Waals surface area contributed by atoms with E-state index in [0.717, 1.165) is 0 Å². The number of hydrogen-bond donors (Lipinski definition) is 1. The summed E-state index contributed by atoms with van der Waals surface area (Å²) in [6.45, 7) is 3.33. The van der Waals surface area contributed by atoms with E-state index in [1.54, 1.807) is 44.2 Å². The molecule has 2 N–H and O–H groups in total. The van der Waals surface area contributed by atoms with Crippen molar-refractivity contribution < 1.29 is 23.9 Å². The molecule has 9 nitrogen and oxygen atoms in total. The second-order valence-electron chi connectivity index (χ2n) is 6.48. The Morgan fingerprint density at radius 2 is 1.87 bits per heavy atom. The van der Waals surface area contributed by atoms with Crippen LogP contribution >= 0.6 is 0 Å². The second kappa shape index (κ2) is 9.00. The number of nitrogens with zero attached hydrogens (tertiary/aromatic N) is 2. The highest BCUT2D eigenvalue weighted by Crippen LogP contribution is 2.44. The van der Waals surface area contributed by atoms with Crippen LogP contribution in [0.2, 0.25) is 0 Å². The molecule has 0 saturated heterocycles. The van der Waals surface area contributed by atoms with Crippen molar-refractivity contribution in [3.8, 4) is 17.6 Å². The molecule has 1 atom stereocenters. The molecule has 0 saturated carbocycles. The topological polar surface area (TPSA) is 138 Å². The zero-order valence-corrected chi connectivity index (χ0v) is 16.8. The summed E-state index contributed by atoms with van der Waals surface area (Å²) in [5, 5.41) is 21.1. The largest absolute Gasteiger partial charge is 0.463 e. The number of nitriles is 1. The fraction of sp³-hybridized carbons (Fsp3) is 0.182. The number of hydrogen-bond acceptors (Lipinski definition) is 8. The molecule has 158 valence electrons. The van der Waals surface area contributed by atoms with E-state index in [0.29, 0.717) is 5.56 Å². The Balaban J connectivity index is 2.17. The smallest absolute Gasteiger partial charge is 0.338 e. The zero-order valence-electron chi connectivity index (χ0n) is 16.8. The van der Waals surface area contributed by atoms with Crippen LogP contribution in [0, 0.1) is 21.4 Å². The first-order chi connectivity index (χ1) is 14.9. The molecular weight excluding hydrogens is 402 g/mol. The summed E-state index contributed by atoms with van der Waals surface area (Å²) in [7, 11) is 0. The van der Waals surface area contributed by atoms with Crippen LogP contribution < -0.4 is 10.5 Å². The van der Waals surface area contributed by atoms with E-state index in [1.165, 1.54) is 18.2 Å². The summed E-state index contributed by atoms with van der Waals surface area (Å²) >= 11 is 0. The first-order valence-electron chi connectivity index (χ1n) is 9.34. The lowest BCUT2D eigenvalue weighted by molar-refractivity contribution is -0.385. The van der Waals surface area contributed by atoms with Gasteiger partial charge >= 0.3 is 11.7 Å². The number of nitrogens with two attached hydrogens (primary N) is 1. The van der Waals surface area contributed by atoms with Crippen molar-refractivity contribution in [1.29, 1.82) is 5.26 Å². The van der Waals surface area contributed by atoms with Crippen molar-refractivity contribution >= 4 is 11.7 Å². The Kier molecular flexibility index (Phi) is 6.21. The van der Waals surface area contributed by atoms with Gasteiger partial charge in [-0.05, 0) is 26.0 Å². The van der Waals surface area contributed by atoms with Crippen molar-refractivity contribution in [1.82, 2.24) is 0 Å². The summed E-state index contributed by atoms with van der Waals surface area (Å²) in [6, 6.07) is 14.5. The predicted molar refractivity (Wildman–Crippen MR) is 110 cm³/mol. The van der Waals surface area contributed by atoms with Gasteiger partial charge in [0, 0.05) is 11.6 Å². The average Bonchev–Trinajstić information content (AvgIpc) is 2.74. The Hall–Kier alpha value is -4.32. The van der Waals surface area contributed by atoms with Gasteiger partial charge in [0.2, 0.25) is 11.6 Å². The highest BCUT2D eigenvalue weighted by molar-refractivity contribution is 5.92. The third-order valence-corrected chi connectivity index (χ3v) is 4.61. The van der Waals surface area contributed by atoms with E-state index >= 15 is 0 Å². The number of para-hydroxylation sites is 3. The van der Waals surface area contributed by atoms with E-state index in [-0.39, 0.29) is 46.6 Å². The zero-order chi connectivity index (χ0) is 22.5. The van der Waals surface area contributed by atoms with Crippen LogP contribution in [0.25, 0.3) is 0 Å². The van der Waals surface area contributed by atoms with Crippen LogP contribution in [0.3, 0.4) is 0 Å². The third kappa shape index (κ3) is 4.18. The molecule has 0 bridgehead atoms. The summed E-state index contributed by atoms with van der Waals surface area (Å²) in [4.78, 5) is 23.5. The molecule has 2 aromatic carbocycles. The monoisotopic (exact) mass is 421 g/mol. The predicted octanol–water partition coefficient (Wildman–Crippen LogP) is 4.03. The average molecular weight is 421 g/mol. The van der Waals surface area contributed by atoms with Gasteiger partial charge in [-0.2, -0.15) is 5.26 Å².